The largest absolute Gasteiger partial charge is 0.520 e. The second-order valence-electron chi connectivity index (χ2n) is 2.17. The predicted molar refractivity (Wildman–Crippen MR) is 39.2 cm³/mol. The summed E-state index contributed by atoms with van der Waals surface area (Å²) in [5.74, 6) is -1.51. The molecule has 2 aromatic rings. The summed E-state index contributed by atoms with van der Waals surface area (Å²) in [6, 6.07) is 1.31. The van der Waals surface area contributed by atoms with Crippen LogP contribution in [-0.2, 0) is 0 Å². The van der Waals surface area contributed by atoms with Crippen molar-refractivity contribution < 1.29 is 13.8 Å². The molecule has 0 aliphatic carbocycles. The van der Waals surface area contributed by atoms with Gasteiger partial charge in [0.05, 0.1) is 0 Å². The molecule has 13 heavy (non-hydrogen) atoms. The Balaban J connectivity index is 2.90. The Morgan fingerprint density at radius 3 is 2.92 bits per heavy atom. The third kappa shape index (κ3) is 1.06. The van der Waals surface area contributed by atoms with Gasteiger partial charge >= 0.3 is 11.6 Å². The molecule has 7 nitrogen and oxygen atoms in total. The van der Waals surface area contributed by atoms with Crippen molar-refractivity contribution >= 4 is 17.0 Å². The molecule has 0 saturated heterocycles. The molecule has 2 rings (SSSR count). The Bertz CT molecular complexity index is 525. The van der Waals surface area contributed by atoms with Crippen LogP contribution in [0.5, 0.6) is 0 Å². The van der Waals surface area contributed by atoms with Crippen molar-refractivity contribution in [1.29, 1.82) is 0 Å². The highest BCUT2D eigenvalue weighted by Gasteiger charge is 2.19. The summed E-state index contributed by atoms with van der Waals surface area (Å²) in [5, 5.41) is 10.4. The van der Waals surface area contributed by atoms with E-state index >= 15 is 0 Å². The van der Waals surface area contributed by atoms with E-state index in [0.717, 1.165) is 0 Å². The minimum atomic E-state index is -0.980. The molecule has 0 spiro atoms. The number of hydrogen-bond donors (Lipinski definition) is 0. The van der Waals surface area contributed by atoms with Gasteiger partial charge < -0.3 is 18.9 Å². The number of nitro groups is 1. The Kier molecular flexibility index (Phi) is 1.38. The van der Waals surface area contributed by atoms with Crippen LogP contribution < -0.4 is 5.82 Å². The molecule has 0 fully saturated rings. The normalized spacial score (nSPS) is 10.5. The first-order valence-electron chi connectivity index (χ1n) is 3.21. The minimum absolute atomic E-state index is 0.0201. The molecule has 66 valence electrons. The molecule has 0 amide bonds. The van der Waals surface area contributed by atoms with Gasteiger partial charge in [-0.15, -0.1) is 0 Å². The number of hydrogen-bond acceptors (Lipinski definition) is 6. The first kappa shape index (κ1) is 7.47. The lowest BCUT2D eigenvalue weighted by Crippen LogP contribution is -1.91. The Morgan fingerprint density at radius 2 is 2.23 bits per heavy atom. The van der Waals surface area contributed by atoms with Crippen molar-refractivity contribution in [3.63, 3.8) is 0 Å². The lowest BCUT2D eigenvalue weighted by Gasteiger charge is -1.88. The van der Waals surface area contributed by atoms with E-state index in [1.54, 1.807) is 0 Å². The van der Waals surface area contributed by atoms with Crippen LogP contribution in [0.15, 0.2) is 25.9 Å². The maximum absolute atomic E-state index is 10.6. The Labute approximate surface area is 69.7 Å². The third-order valence-electron chi connectivity index (χ3n) is 1.40. The van der Waals surface area contributed by atoms with E-state index in [0.29, 0.717) is 0 Å². The highest BCUT2D eigenvalue weighted by molar-refractivity contribution is 5.77. The van der Waals surface area contributed by atoms with E-state index in [2.05, 4.69) is 13.8 Å². The average Bonchev–Trinajstić information content (AvgIpc) is 2.43. The van der Waals surface area contributed by atoms with Crippen LogP contribution >= 0.6 is 0 Å². The third-order valence-corrected chi connectivity index (χ3v) is 1.40. The minimum Gasteiger partial charge on any atom is -0.390 e. The maximum Gasteiger partial charge on any atom is 0.520 e. The van der Waals surface area contributed by atoms with Crippen LogP contribution in [0.1, 0.15) is 0 Å². The van der Waals surface area contributed by atoms with Crippen LogP contribution in [0.25, 0.3) is 11.2 Å². The fourth-order valence-electron chi connectivity index (χ4n) is 0.920. The zero-order valence-corrected chi connectivity index (χ0v) is 6.09. The molecular formula is C6H2N2O5. The quantitative estimate of drug-likeness (QED) is 0.475. The zero-order valence-electron chi connectivity index (χ0n) is 6.09. The molecule has 0 radical (unpaired) electrons. The van der Waals surface area contributed by atoms with Crippen molar-refractivity contribution in [3.8, 4) is 0 Å². The van der Waals surface area contributed by atoms with Gasteiger partial charge in [-0.1, -0.05) is 0 Å². The average molecular weight is 182 g/mol. The topological polar surface area (TPSA) is 99.4 Å². The fraction of sp³-hybridized carbons (Fsp3) is 0. The van der Waals surface area contributed by atoms with Crippen molar-refractivity contribution in [2.45, 2.75) is 0 Å². The smallest absolute Gasteiger partial charge is 0.390 e. The summed E-state index contributed by atoms with van der Waals surface area (Å²) in [5.41, 5.74) is -0.218. The van der Waals surface area contributed by atoms with Crippen molar-refractivity contribution in [2.24, 2.45) is 0 Å². The molecule has 0 aliphatic rings. The molecule has 0 unspecified atom stereocenters. The van der Waals surface area contributed by atoms with E-state index in [4.69, 9.17) is 0 Å². The predicted octanol–water partition coefficient (Wildman–Crippen LogP) is 0.689. The van der Waals surface area contributed by atoms with Gasteiger partial charge in [0.15, 0.2) is 5.58 Å². The van der Waals surface area contributed by atoms with E-state index in [-0.39, 0.29) is 11.2 Å². The summed E-state index contributed by atoms with van der Waals surface area (Å²) in [6.07, 6.45) is 1.17. The monoisotopic (exact) mass is 182 g/mol. The van der Waals surface area contributed by atoms with Gasteiger partial charge in [0.1, 0.15) is 6.20 Å². The number of rotatable bonds is 1. The van der Waals surface area contributed by atoms with Crippen molar-refractivity contribution in [3.05, 3.63) is 33.0 Å². The summed E-state index contributed by atoms with van der Waals surface area (Å²) < 4.78 is 8.93. The second kappa shape index (κ2) is 2.41. The summed E-state index contributed by atoms with van der Waals surface area (Å²) in [4.78, 5) is 23.6. The fourth-order valence-corrected chi connectivity index (χ4v) is 0.920. The first-order valence-corrected chi connectivity index (χ1v) is 3.21. The Morgan fingerprint density at radius 1 is 1.46 bits per heavy atom. The van der Waals surface area contributed by atoms with Crippen LogP contribution in [0.2, 0.25) is 0 Å². The SMILES string of the molecule is O=c1oc2ccnc([N+](=O)[O-])c2o1. The van der Waals surface area contributed by atoms with Gasteiger partial charge in [-0.2, -0.15) is 0 Å². The van der Waals surface area contributed by atoms with E-state index in [1.165, 1.54) is 12.3 Å². The van der Waals surface area contributed by atoms with Gasteiger partial charge in [0.2, 0.25) is 0 Å². The van der Waals surface area contributed by atoms with E-state index in [9.17, 15) is 14.9 Å². The molecule has 0 aliphatic heterocycles. The van der Waals surface area contributed by atoms with Crippen LogP contribution in [0.4, 0.5) is 5.82 Å². The maximum atomic E-state index is 10.6. The molecule has 7 heteroatoms. The number of nitrogens with zero attached hydrogens (tertiary/aromatic N) is 2. The first-order chi connectivity index (χ1) is 6.18. The molecule has 0 bridgehead atoms. The van der Waals surface area contributed by atoms with Gasteiger partial charge in [-0.3, -0.25) is 0 Å². The van der Waals surface area contributed by atoms with Crippen LogP contribution in [0.3, 0.4) is 0 Å². The Hall–Kier alpha value is -2.18. The zero-order chi connectivity index (χ0) is 9.42. The highest BCUT2D eigenvalue weighted by atomic mass is 16.6. The van der Waals surface area contributed by atoms with Gasteiger partial charge in [-0.05, 0) is 9.91 Å². The summed E-state index contributed by atoms with van der Waals surface area (Å²) >= 11 is 0. The number of pyridine rings is 1. The van der Waals surface area contributed by atoms with Crippen molar-refractivity contribution in [2.75, 3.05) is 0 Å². The summed E-state index contributed by atoms with van der Waals surface area (Å²) in [6.45, 7) is 0. The lowest BCUT2D eigenvalue weighted by atomic mass is 10.4. The standard InChI is InChI=1S/C6H2N2O5/c9-6-12-3-1-2-7-5(8(10)11)4(3)13-6/h1-2H. The molecular weight excluding hydrogens is 180 g/mol. The molecule has 2 aromatic heterocycles. The summed E-state index contributed by atoms with van der Waals surface area (Å²) in [7, 11) is 0. The number of aromatic nitrogens is 1. The van der Waals surface area contributed by atoms with Gasteiger partial charge in [-0.25, -0.2) is 4.79 Å². The molecule has 0 atom stereocenters. The number of fused-ring (bicyclic) bond motifs is 1. The molecule has 0 N–H and O–H groups in total. The molecule has 0 saturated carbocycles. The van der Waals surface area contributed by atoms with Crippen LogP contribution in [0, 0.1) is 10.1 Å². The lowest BCUT2D eigenvalue weighted by molar-refractivity contribution is -0.388. The van der Waals surface area contributed by atoms with E-state index in [1.807, 2.05) is 0 Å². The van der Waals surface area contributed by atoms with Gasteiger partial charge in [0, 0.05) is 6.07 Å². The van der Waals surface area contributed by atoms with Crippen LogP contribution in [-0.4, -0.2) is 9.91 Å². The molecule has 2 heterocycles. The van der Waals surface area contributed by atoms with E-state index < -0.39 is 16.6 Å². The van der Waals surface area contributed by atoms with Gasteiger partial charge in [0.25, 0.3) is 5.58 Å². The highest BCUT2D eigenvalue weighted by Crippen LogP contribution is 2.20. The second-order valence-corrected chi connectivity index (χ2v) is 2.17. The molecule has 0 aromatic carbocycles. The van der Waals surface area contributed by atoms with Crippen molar-refractivity contribution in [1.82, 2.24) is 4.98 Å².